The maximum Gasteiger partial charge on any atom is 0.116 e. The van der Waals surface area contributed by atoms with Crippen LogP contribution < -0.4 is 16.6 Å². The fraction of sp³-hybridized carbons (Fsp3) is 0.143. The van der Waals surface area contributed by atoms with Crippen LogP contribution in [0.15, 0.2) is 72.8 Å². The van der Waals surface area contributed by atoms with Crippen molar-refractivity contribution in [3.05, 3.63) is 95.1 Å². The quantitative estimate of drug-likeness (QED) is 0.495. The monoisotopic (exact) mass is 328 g/mol. The van der Waals surface area contributed by atoms with Gasteiger partial charge in [0.05, 0.1) is 6.17 Å². The fourth-order valence-electron chi connectivity index (χ4n) is 4.00. The molecule has 0 amide bonds. The van der Waals surface area contributed by atoms with Crippen molar-refractivity contribution in [1.82, 2.24) is 15.9 Å². The van der Waals surface area contributed by atoms with Gasteiger partial charge in [0.25, 0.3) is 0 Å². The lowest BCUT2D eigenvalue weighted by molar-refractivity contribution is 0.179. The summed E-state index contributed by atoms with van der Waals surface area (Å²) in [4.78, 5) is 0. The Morgan fingerprint density at radius 3 is 2.48 bits per heavy atom. The van der Waals surface area contributed by atoms with Gasteiger partial charge in [0.1, 0.15) is 6.17 Å². The van der Waals surface area contributed by atoms with Crippen molar-refractivity contribution in [2.24, 2.45) is 5.84 Å². The lowest BCUT2D eigenvalue weighted by Crippen LogP contribution is -2.40. The Kier molecular flexibility index (Phi) is 3.43. The van der Waals surface area contributed by atoms with E-state index in [1.807, 2.05) is 18.2 Å². The average Bonchev–Trinajstić information content (AvgIpc) is 3.23. The summed E-state index contributed by atoms with van der Waals surface area (Å²) in [5, 5.41) is 5.29. The molecule has 0 saturated carbocycles. The third-order valence-electron chi connectivity index (χ3n) is 5.19. The van der Waals surface area contributed by atoms with Gasteiger partial charge in [-0.2, -0.15) is 5.12 Å². The molecule has 1 fully saturated rings. The normalized spacial score (nSPS) is 22.0. The van der Waals surface area contributed by atoms with Crippen molar-refractivity contribution >= 4 is 0 Å². The van der Waals surface area contributed by atoms with Crippen LogP contribution in [0.2, 0.25) is 0 Å². The average molecular weight is 328 g/mol. The number of rotatable bonds is 2. The second-order valence-electron chi connectivity index (χ2n) is 6.66. The zero-order valence-electron chi connectivity index (χ0n) is 13.8. The summed E-state index contributed by atoms with van der Waals surface area (Å²) in [6.07, 6.45) is 0.924. The first-order chi connectivity index (χ1) is 12.3. The third-order valence-corrected chi connectivity index (χ3v) is 5.19. The molecular weight excluding hydrogens is 308 g/mol. The largest absolute Gasteiger partial charge is 0.275 e. The van der Waals surface area contributed by atoms with Crippen LogP contribution in [0, 0.1) is 0 Å². The molecule has 0 bridgehead atoms. The Morgan fingerprint density at radius 1 is 0.840 bits per heavy atom. The van der Waals surface area contributed by atoms with E-state index in [0.717, 1.165) is 12.0 Å². The van der Waals surface area contributed by atoms with Gasteiger partial charge < -0.3 is 0 Å². The van der Waals surface area contributed by atoms with Crippen LogP contribution >= 0.6 is 0 Å². The van der Waals surface area contributed by atoms with Crippen LogP contribution in [0.5, 0.6) is 0 Å². The van der Waals surface area contributed by atoms with Crippen molar-refractivity contribution in [2.45, 2.75) is 18.8 Å². The highest BCUT2D eigenvalue weighted by molar-refractivity contribution is 5.78. The predicted molar refractivity (Wildman–Crippen MR) is 98.9 cm³/mol. The summed E-state index contributed by atoms with van der Waals surface area (Å²) in [5.74, 6) is 6.23. The molecule has 2 atom stereocenters. The number of hydrazine groups is 2. The van der Waals surface area contributed by atoms with Gasteiger partial charge >= 0.3 is 0 Å². The summed E-state index contributed by atoms with van der Waals surface area (Å²) in [7, 11) is 0. The van der Waals surface area contributed by atoms with Crippen molar-refractivity contribution in [3.8, 4) is 11.1 Å². The zero-order chi connectivity index (χ0) is 16.8. The Hall–Kier alpha value is -2.50. The van der Waals surface area contributed by atoms with Crippen molar-refractivity contribution in [2.75, 3.05) is 0 Å². The van der Waals surface area contributed by atoms with Gasteiger partial charge in [-0.15, -0.1) is 0 Å². The van der Waals surface area contributed by atoms with Crippen LogP contribution in [0.4, 0.5) is 0 Å². The van der Waals surface area contributed by atoms with Crippen LogP contribution in [0.3, 0.4) is 0 Å². The van der Waals surface area contributed by atoms with Crippen LogP contribution in [-0.2, 0) is 6.42 Å². The molecular formula is C21H20N4. The van der Waals surface area contributed by atoms with Crippen LogP contribution in [-0.4, -0.2) is 5.12 Å². The number of fused-ring (bicyclic) bond motifs is 3. The number of nitrogens with one attached hydrogen (secondary N) is 2. The van der Waals surface area contributed by atoms with E-state index in [1.54, 1.807) is 5.12 Å². The van der Waals surface area contributed by atoms with Gasteiger partial charge in [0.2, 0.25) is 0 Å². The van der Waals surface area contributed by atoms with Crippen molar-refractivity contribution in [3.63, 3.8) is 0 Å². The molecule has 0 radical (unpaired) electrons. The zero-order valence-corrected chi connectivity index (χ0v) is 13.8. The van der Waals surface area contributed by atoms with E-state index < -0.39 is 0 Å². The van der Waals surface area contributed by atoms with Crippen molar-refractivity contribution in [1.29, 1.82) is 0 Å². The first kappa shape index (κ1) is 14.8. The van der Waals surface area contributed by atoms with E-state index in [2.05, 4.69) is 65.3 Å². The molecule has 1 aliphatic heterocycles. The summed E-state index contributed by atoms with van der Waals surface area (Å²) in [5.41, 5.74) is 11.3. The van der Waals surface area contributed by atoms with Gasteiger partial charge in [-0.1, -0.05) is 72.8 Å². The molecule has 4 nitrogen and oxygen atoms in total. The van der Waals surface area contributed by atoms with Gasteiger partial charge in [-0.25, -0.2) is 5.43 Å². The molecule has 3 aromatic carbocycles. The van der Waals surface area contributed by atoms with Gasteiger partial charge in [-0.3, -0.25) is 11.2 Å². The number of hydrogen-bond acceptors (Lipinski definition) is 4. The number of hydrogen-bond donors (Lipinski definition) is 3. The first-order valence-electron chi connectivity index (χ1n) is 8.62. The number of nitrogens with zero attached hydrogens (tertiary/aromatic N) is 1. The van der Waals surface area contributed by atoms with Gasteiger partial charge in [-0.05, 0) is 39.8 Å². The molecule has 1 saturated heterocycles. The van der Waals surface area contributed by atoms with E-state index in [9.17, 15) is 0 Å². The molecule has 1 aliphatic carbocycles. The van der Waals surface area contributed by atoms with E-state index >= 15 is 0 Å². The summed E-state index contributed by atoms with van der Waals surface area (Å²) >= 11 is 0. The lowest BCUT2D eigenvalue weighted by Gasteiger charge is -2.17. The topological polar surface area (TPSA) is 53.3 Å². The number of benzene rings is 3. The highest BCUT2D eigenvalue weighted by Crippen LogP contribution is 2.40. The Balaban J connectivity index is 1.50. The van der Waals surface area contributed by atoms with E-state index in [-0.39, 0.29) is 12.3 Å². The molecule has 3 aromatic rings. The molecule has 2 unspecified atom stereocenters. The second kappa shape index (κ2) is 5.79. The standard InChI is InChI=1S/C21H20N4/c22-25-21(14-7-2-1-3-8-14)23-20(24-25)18-12-6-11-17-16-10-5-4-9-15(16)13-19(17)18/h1-12,20-21,23-24H,13,22H2. The van der Waals surface area contributed by atoms with Gasteiger partial charge in [0.15, 0.2) is 0 Å². The molecule has 0 aromatic heterocycles. The van der Waals surface area contributed by atoms with E-state index in [1.165, 1.54) is 27.8 Å². The second-order valence-corrected chi connectivity index (χ2v) is 6.66. The minimum absolute atomic E-state index is 0.000492. The van der Waals surface area contributed by atoms with Crippen LogP contribution in [0.1, 0.15) is 34.6 Å². The minimum Gasteiger partial charge on any atom is -0.275 e. The van der Waals surface area contributed by atoms with E-state index in [4.69, 9.17) is 5.84 Å². The Bertz CT molecular complexity index is 922. The predicted octanol–water partition coefficient (Wildman–Crippen LogP) is 3.24. The van der Waals surface area contributed by atoms with Gasteiger partial charge in [0, 0.05) is 0 Å². The molecule has 4 heteroatoms. The fourth-order valence-corrected chi connectivity index (χ4v) is 4.00. The maximum absolute atomic E-state index is 6.23. The molecule has 1 heterocycles. The molecule has 0 spiro atoms. The maximum atomic E-state index is 6.23. The first-order valence-corrected chi connectivity index (χ1v) is 8.62. The lowest BCUT2D eigenvalue weighted by atomic mass is 9.99. The third kappa shape index (κ3) is 2.39. The smallest absolute Gasteiger partial charge is 0.116 e. The molecule has 5 rings (SSSR count). The number of nitrogens with two attached hydrogens (primary N) is 1. The molecule has 2 aliphatic rings. The SMILES string of the molecule is NN1NC(c2cccc3c2Cc2ccccc2-3)NC1c1ccccc1. The highest BCUT2D eigenvalue weighted by atomic mass is 15.8. The Labute approximate surface area is 147 Å². The molecule has 4 N–H and O–H groups in total. The summed E-state index contributed by atoms with van der Waals surface area (Å²) in [6, 6.07) is 25.5. The summed E-state index contributed by atoms with van der Waals surface area (Å²) < 4.78 is 0. The highest BCUT2D eigenvalue weighted by Gasteiger charge is 2.33. The van der Waals surface area contributed by atoms with Crippen molar-refractivity contribution < 1.29 is 0 Å². The Morgan fingerprint density at radius 2 is 1.60 bits per heavy atom. The van der Waals surface area contributed by atoms with E-state index in [0.29, 0.717) is 0 Å². The van der Waals surface area contributed by atoms with Crippen LogP contribution in [0.25, 0.3) is 11.1 Å². The minimum atomic E-state index is -0.0502. The summed E-state index contributed by atoms with van der Waals surface area (Å²) in [6.45, 7) is 0. The molecule has 124 valence electrons. The molecule has 25 heavy (non-hydrogen) atoms.